The van der Waals surface area contributed by atoms with Crippen LogP contribution in [0, 0.1) is 0 Å². The Morgan fingerprint density at radius 1 is 1.19 bits per heavy atom. The molecule has 0 N–H and O–H groups in total. The first-order chi connectivity index (χ1) is 14.9. The molecule has 2 aliphatic rings. The van der Waals surface area contributed by atoms with Gasteiger partial charge in [0.2, 0.25) is 15.9 Å². The van der Waals surface area contributed by atoms with Gasteiger partial charge in [-0.3, -0.25) is 4.79 Å². The van der Waals surface area contributed by atoms with Crippen molar-refractivity contribution in [2.24, 2.45) is 0 Å². The number of amides is 1. The van der Waals surface area contributed by atoms with E-state index in [1.54, 1.807) is 18.2 Å². The molecule has 31 heavy (non-hydrogen) atoms. The summed E-state index contributed by atoms with van der Waals surface area (Å²) in [6.45, 7) is 1.51. The number of benzene rings is 1. The minimum absolute atomic E-state index is 0.0280. The predicted molar refractivity (Wildman–Crippen MR) is 115 cm³/mol. The average Bonchev–Trinajstić information content (AvgIpc) is 3.24. The molecule has 2 aromatic rings. The summed E-state index contributed by atoms with van der Waals surface area (Å²) in [4.78, 5) is 19.0. The van der Waals surface area contributed by atoms with Crippen LogP contribution in [0.15, 0.2) is 34.9 Å². The highest BCUT2D eigenvalue weighted by Gasteiger charge is 2.32. The summed E-state index contributed by atoms with van der Waals surface area (Å²) in [6.07, 6.45) is 5.61. The second-order valence-corrected chi connectivity index (χ2v) is 10.3. The van der Waals surface area contributed by atoms with E-state index in [0.29, 0.717) is 38.4 Å². The fourth-order valence-corrected chi connectivity index (χ4v) is 5.75. The maximum Gasteiger partial charge on any atom is 0.237 e. The summed E-state index contributed by atoms with van der Waals surface area (Å²) < 4.78 is 36.9. The first-order valence-corrected chi connectivity index (χ1v) is 12.4. The van der Waals surface area contributed by atoms with Crippen LogP contribution in [0.3, 0.4) is 0 Å². The van der Waals surface area contributed by atoms with E-state index in [-0.39, 0.29) is 24.1 Å². The molecule has 4 rings (SSSR count). The van der Waals surface area contributed by atoms with Crippen molar-refractivity contribution < 1.29 is 22.4 Å². The Hall–Kier alpha value is -2.39. The van der Waals surface area contributed by atoms with Crippen LogP contribution in [0.1, 0.15) is 48.8 Å². The third-order valence-corrected chi connectivity index (χ3v) is 7.90. The van der Waals surface area contributed by atoms with Crippen LogP contribution in [0.5, 0.6) is 5.75 Å². The van der Waals surface area contributed by atoms with E-state index in [9.17, 15) is 13.2 Å². The van der Waals surface area contributed by atoms with Crippen molar-refractivity contribution in [3.05, 3.63) is 47.7 Å². The number of nitrogens with zero attached hydrogens (tertiary/aromatic N) is 3. The van der Waals surface area contributed by atoms with Crippen molar-refractivity contribution in [3.8, 4) is 5.75 Å². The number of carbonyl (C=O) groups excluding carboxylic acids is 1. The number of methoxy groups -OCH3 is 1. The number of likely N-dealkylation sites (tertiary alicyclic amines) is 1. The Morgan fingerprint density at radius 2 is 2.00 bits per heavy atom. The van der Waals surface area contributed by atoms with Gasteiger partial charge in [0.25, 0.3) is 0 Å². The smallest absolute Gasteiger partial charge is 0.237 e. The third-order valence-electron chi connectivity index (χ3n) is 6.00. The van der Waals surface area contributed by atoms with Gasteiger partial charge in [0, 0.05) is 26.1 Å². The number of oxazole rings is 1. The molecule has 0 bridgehead atoms. The molecule has 9 heteroatoms. The molecule has 0 aliphatic carbocycles. The van der Waals surface area contributed by atoms with E-state index in [1.165, 1.54) is 4.31 Å². The van der Waals surface area contributed by atoms with Gasteiger partial charge in [-0.25, -0.2) is 13.4 Å². The van der Waals surface area contributed by atoms with E-state index in [4.69, 9.17) is 9.15 Å². The van der Waals surface area contributed by atoms with Crippen LogP contribution in [0.25, 0.3) is 0 Å². The number of hydrogen-bond acceptors (Lipinski definition) is 6. The van der Waals surface area contributed by atoms with Gasteiger partial charge in [-0.05, 0) is 43.4 Å². The second-order valence-electron chi connectivity index (χ2n) is 8.23. The molecule has 1 amide bonds. The zero-order valence-corrected chi connectivity index (χ0v) is 18.6. The van der Waals surface area contributed by atoms with Crippen molar-refractivity contribution >= 4 is 15.9 Å². The standard InChI is InChI=1S/C22H29N3O5S/c1-29-19-8-6-17(7-9-19)13-20-14-23-22(30-20)18-5-4-10-24(15-18)21(26)16-25-11-2-3-12-31(25,27)28/h6-9,14,18H,2-5,10-13,15-16H2,1H3/t18-/m1/s1. The largest absolute Gasteiger partial charge is 0.497 e. The highest BCUT2D eigenvalue weighted by Crippen LogP contribution is 2.28. The van der Waals surface area contributed by atoms with Gasteiger partial charge >= 0.3 is 0 Å². The van der Waals surface area contributed by atoms with Gasteiger partial charge in [0.15, 0.2) is 5.89 Å². The van der Waals surface area contributed by atoms with E-state index in [1.807, 2.05) is 24.3 Å². The highest BCUT2D eigenvalue weighted by atomic mass is 32.2. The zero-order valence-electron chi connectivity index (χ0n) is 17.8. The quantitative estimate of drug-likeness (QED) is 0.675. The Bertz CT molecular complexity index is 1000. The lowest BCUT2D eigenvalue weighted by Crippen LogP contribution is -2.48. The second kappa shape index (κ2) is 9.40. The maximum absolute atomic E-state index is 12.8. The Morgan fingerprint density at radius 3 is 2.74 bits per heavy atom. The van der Waals surface area contributed by atoms with Crippen LogP contribution >= 0.6 is 0 Å². The van der Waals surface area contributed by atoms with E-state index >= 15 is 0 Å². The molecule has 0 radical (unpaired) electrons. The maximum atomic E-state index is 12.8. The number of carbonyl (C=O) groups is 1. The molecule has 3 heterocycles. The molecule has 2 fully saturated rings. The normalized spacial score (nSPS) is 21.7. The summed E-state index contributed by atoms with van der Waals surface area (Å²) in [5, 5.41) is 0. The first-order valence-electron chi connectivity index (χ1n) is 10.8. The first kappa shape index (κ1) is 21.8. The van der Waals surface area contributed by atoms with E-state index in [2.05, 4.69) is 4.98 Å². The number of hydrogen-bond donors (Lipinski definition) is 0. The minimum atomic E-state index is -3.31. The number of piperidine rings is 1. The van der Waals surface area contributed by atoms with E-state index in [0.717, 1.165) is 36.3 Å². The lowest BCUT2D eigenvalue weighted by molar-refractivity contribution is -0.132. The van der Waals surface area contributed by atoms with Crippen molar-refractivity contribution in [2.45, 2.75) is 38.0 Å². The third kappa shape index (κ3) is 5.27. The predicted octanol–water partition coefficient (Wildman–Crippen LogP) is 2.41. The summed E-state index contributed by atoms with van der Waals surface area (Å²) in [5.41, 5.74) is 1.10. The van der Waals surface area contributed by atoms with Crippen LogP contribution in [0.4, 0.5) is 0 Å². The molecule has 1 aromatic carbocycles. The Balaban J connectivity index is 1.36. The molecular weight excluding hydrogens is 418 g/mol. The molecule has 1 aromatic heterocycles. The fraction of sp³-hybridized carbons (Fsp3) is 0.545. The molecule has 1 atom stereocenters. The molecule has 0 spiro atoms. The van der Waals surface area contributed by atoms with Crippen molar-refractivity contribution in [2.75, 3.05) is 39.0 Å². The lowest BCUT2D eigenvalue weighted by atomic mass is 9.98. The van der Waals surface area contributed by atoms with Crippen molar-refractivity contribution in [1.82, 2.24) is 14.2 Å². The molecule has 0 unspecified atom stereocenters. The van der Waals surface area contributed by atoms with Gasteiger partial charge in [0.05, 0.1) is 31.5 Å². The summed E-state index contributed by atoms with van der Waals surface area (Å²) in [6, 6.07) is 7.83. The SMILES string of the molecule is COc1ccc(Cc2cnc([C@@H]3CCCN(C(=O)CN4CCCCS4(=O)=O)C3)o2)cc1. The van der Waals surface area contributed by atoms with Gasteiger partial charge < -0.3 is 14.1 Å². The van der Waals surface area contributed by atoms with E-state index < -0.39 is 10.0 Å². The molecule has 0 saturated carbocycles. The number of sulfonamides is 1. The number of aromatic nitrogens is 1. The van der Waals surface area contributed by atoms with Crippen molar-refractivity contribution in [1.29, 1.82) is 0 Å². The molecule has 8 nitrogen and oxygen atoms in total. The Kier molecular flexibility index (Phi) is 6.62. The van der Waals surface area contributed by atoms with Crippen LogP contribution in [-0.2, 0) is 21.2 Å². The van der Waals surface area contributed by atoms with Gasteiger partial charge in [-0.2, -0.15) is 4.31 Å². The highest BCUT2D eigenvalue weighted by molar-refractivity contribution is 7.89. The van der Waals surface area contributed by atoms with Gasteiger partial charge in [-0.1, -0.05) is 12.1 Å². The lowest BCUT2D eigenvalue weighted by Gasteiger charge is -2.33. The number of rotatable bonds is 6. The Labute approximate surface area is 183 Å². The molecular formula is C22H29N3O5S. The summed E-state index contributed by atoms with van der Waals surface area (Å²) in [7, 11) is -1.67. The van der Waals surface area contributed by atoms with Gasteiger partial charge in [0.1, 0.15) is 11.5 Å². The topological polar surface area (TPSA) is 93.0 Å². The average molecular weight is 448 g/mol. The summed E-state index contributed by atoms with van der Waals surface area (Å²) in [5.74, 6) is 2.26. The molecule has 168 valence electrons. The van der Waals surface area contributed by atoms with Crippen LogP contribution < -0.4 is 4.74 Å². The molecule has 2 aliphatic heterocycles. The zero-order chi connectivity index (χ0) is 21.8. The fourth-order valence-electron chi connectivity index (χ4n) is 4.21. The summed E-state index contributed by atoms with van der Waals surface area (Å²) >= 11 is 0. The van der Waals surface area contributed by atoms with Crippen LogP contribution in [0.2, 0.25) is 0 Å². The van der Waals surface area contributed by atoms with Gasteiger partial charge in [-0.15, -0.1) is 0 Å². The van der Waals surface area contributed by atoms with Crippen molar-refractivity contribution in [3.63, 3.8) is 0 Å². The monoisotopic (exact) mass is 447 g/mol. The van der Waals surface area contributed by atoms with Crippen LogP contribution in [-0.4, -0.2) is 67.6 Å². The molecule has 2 saturated heterocycles. The number of ether oxygens (including phenoxy) is 1. The minimum Gasteiger partial charge on any atom is -0.497 e.